The van der Waals surface area contributed by atoms with Gasteiger partial charge in [-0.3, -0.25) is 4.57 Å². The maximum atomic E-state index is 12.8. The topological polar surface area (TPSA) is 89.5 Å². The van der Waals surface area contributed by atoms with Crippen LogP contribution in [0.25, 0.3) is 0 Å². The van der Waals surface area contributed by atoms with Gasteiger partial charge in [0.25, 0.3) is 0 Å². The zero-order valence-electron chi connectivity index (χ0n) is 17.7. The Bertz CT molecular complexity index is 798. The maximum Gasteiger partial charge on any atom is 0.339 e. The fourth-order valence-electron chi connectivity index (χ4n) is 3.46. The molecule has 3 atom stereocenters. The zero-order chi connectivity index (χ0) is 21.8. The first-order valence-corrected chi connectivity index (χ1v) is 11.8. The van der Waals surface area contributed by atoms with Crippen LogP contribution in [0.3, 0.4) is 0 Å². The second-order valence-corrected chi connectivity index (χ2v) is 9.58. The maximum absolute atomic E-state index is 12.8. The van der Waals surface area contributed by atoms with E-state index in [-0.39, 0.29) is 26.0 Å². The summed E-state index contributed by atoms with van der Waals surface area (Å²) in [5.41, 5.74) is -0.838. The van der Waals surface area contributed by atoms with Crippen LogP contribution in [0.2, 0.25) is 0 Å². The van der Waals surface area contributed by atoms with E-state index in [1.165, 1.54) is 0 Å². The molecule has 0 amide bonds. The molecule has 166 valence electrons. The second-order valence-electron chi connectivity index (χ2n) is 7.48. The van der Waals surface area contributed by atoms with E-state index >= 15 is 0 Å². The molecule has 2 aliphatic heterocycles. The van der Waals surface area contributed by atoms with Crippen molar-refractivity contribution >= 4 is 13.6 Å². The van der Waals surface area contributed by atoms with Gasteiger partial charge < -0.3 is 28.0 Å². The van der Waals surface area contributed by atoms with E-state index in [2.05, 4.69) is 0 Å². The third-order valence-electron chi connectivity index (χ3n) is 4.69. The molecular formula is C21H29O8P. The van der Waals surface area contributed by atoms with Gasteiger partial charge in [0.15, 0.2) is 23.8 Å². The van der Waals surface area contributed by atoms with Gasteiger partial charge in [0, 0.05) is 0 Å². The molecule has 3 rings (SSSR count). The van der Waals surface area contributed by atoms with E-state index in [9.17, 15) is 9.36 Å². The van der Waals surface area contributed by atoms with Gasteiger partial charge in [0.05, 0.1) is 31.5 Å². The largest absolute Gasteiger partial charge is 0.446 e. The third kappa shape index (κ3) is 5.19. The van der Waals surface area contributed by atoms with E-state index in [4.69, 9.17) is 28.0 Å². The Morgan fingerprint density at radius 2 is 1.83 bits per heavy atom. The Labute approximate surface area is 177 Å². The van der Waals surface area contributed by atoms with Gasteiger partial charge in [-0.05, 0) is 45.9 Å². The molecule has 0 bridgehead atoms. The van der Waals surface area contributed by atoms with Crippen LogP contribution in [0.5, 0.6) is 0 Å². The van der Waals surface area contributed by atoms with Crippen molar-refractivity contribution in [3.05, 3.63) is 48.0 Å². The van der Waals surface area contributed by atoms with Crippen molar-refractivity contribution in [1.82, 2.24) is 0 Å². The van der Waals surface area contributed by atoms with Crippen LogP contribution in [0, 0.1) is 0 Å². The van der Waals surface area contributed by atoms with Crippen LogP contribution in [0.4, 0.5) is 0 Å². The Kier molecular flexibility index (Phi) is 7.17. The molecule has 2 heterocycles. The summed E-state index contributed by atoms with van der Waals surface area (Å²) >= 11 is 0. The molecular weight excluding hydrogens is 411 g/mol. The highest BCUT2D eigenvalue weighted by Gasteiger charge is 2.60. The molecule has 0 spiro atoms. The highest BCUT2D eigenvalue weighted by atomic mass is 31.2. The van der Waals surface area contributed by atoms with Gasteiger partial charge in [-0.15, -0.1) is 0 Å². The predicted octanol–water partition coefficient (Wildman–Crippen LogP) is 3.91. The molecule has 2 fully saturated rings. The molecule has 0 aromatic heterocycles. The minimum absolute atomic E-state index is 0.0287. The van der Waals surface area contributed by atoms with Gasteiger partial charge in [-0.1, -0.05) is 24.3 Å². The van der Waals surface area contributed by atoms with E-state index in [0.717, 1.165) is 0 Å². The Morgan fingerprint density at radius 1 is 1.17 bits per heavy atom. The van der Waals surface area contributed by atoms with Gasteiger partial charge in [-0.2, -0.15) is 0 Å². The molecule has 0 aliphatic carbocycles. The van der Waals surface area contributed by atoms with Crippen molar-refractivity contribution in [2.75, 3.05) is 26.0 Å². The Balaban J connectivity index is 1.85. The summed E-state index contributed by atoms with van der Waals surface area (Å²) < 4.78 is 46.8. The molecule has 0 saturated carbocycles. The molecule has 0 unspecified atom stereocenters. The van der Waals surface area contributed by atoms with E-state index in [1.54, 1.807) is 64.1 Å². The van der Waals surface area contributed by atoms with E-state index < -0.39 is 37.3 Å². The first-order chi connectivity index (χ1) is 14.2. The van der Waals surface area contributed by atoms with Crippen LogP contribution < -0.4 is 0 Å². The molecule has 0 radical (unpaired) electrons. The third-order valence-corrected chi connectivity index (χ3v) is 6.65. The number of carbonyl (C=O) groups is 1. The van der Waals surface area contributed by atoms with Crippen molar-refractivity contribution < 1.29 is 37.4 Å². The minimum Gasteiger partial charge on any atom is -0.446 e. The molecule has 30 heavy (non-hydrogen) atoms. The number of hydrogen-bond donors (Lipinski definition) is 0. The Morgan fingerprint density at radius 3 is 2.47 bits per heavy atom. The summed E-state index contributed by atoms with van der Waals surface area (Å²) in [6, 6.07) is 8.66. The molecule has 0 N–H and O–H groups in total. The molecule has 2 aliphatic rings. The molecule has 2 saturated heterocycles. The average Bonchev–Trinajstić information content (AvgIpc) is 3.17. The molecule has 9 heteroatoms. The number of fused-ring (bicyclic) bond motifs is 1. The quantitative estimate of drug-likeness (QED) is 0.324. The van der Waals surface area contributed by atoms with Crippen molar-refractivity contribution in [2.45, 2.75) is 51.5 Å². The summed E-state index contributed by atoms with van der Waals surface area (Å²) in [4.78, 5) is 12.8. The smallest absolute Gasteiger partial charge is 0.339 e. The van der Waals surface area contributed by atoms with Crippen molar-refractivity contribution in [3.63, 3.8) is 0 Å². The van der Waals surface area contributed by atoms with Crippen molar-refractivity contribution in [1.29, 1.82) is 0 Å². The van der Waals surface area contributed by atoms with Crippen molar-refractivity contribution in [3.8, 4) is 0 Å². The number of hydrogen-bond acceptors (Lipinski definition) is 8. The highest BCUT2D eigenvalue weighted by molar-refractivity contribution is 7.54. The van der Waals surface area contributed by atoms with E-state index in [0.29, 0.717) is 5.56 Å². The highest BCUT2D eigenvalue weighted by Crippen LogP contribution is 2.49. The molecule has 1 aromatic carbocycles. The Hall–Kier alpha value is -1.54. The van der Waals surface area contributed by atoms with Gasteiger partial charge in [0.2, 0.25) is 0 Å². The van der Waals surface area contributed by atoms with E-state index in [1.807, 2.05) is 6.07 Å². The lowest BCUT2D eigenvalue weighted by Gasteiger charge is -2.30. The monoisotopic (exact) mass is 440 g/mol. The number of benzene rings is 1. The van der Waals surface area contributed by atoms with Crippen LogP contribution in [-0.2, 0) is 32.6 Å². The van der Waals surface area contributed by atoms with Gasteiger partial charge in [-0.25, -0.2) is 4.79 Å². The predicted molar refractivity (Wildman–Crippen MR) is 109 cm³/mol. The van der Waals surface area contributed by atoms with Gasteiger partial charge >= 0.3 is 13.6 Å². The van der Waals surface area contributed by atoms with Crippen LogP contribution in [0.15, 0.2) is 42.5 Å². The molecule has 1 aromatic rings. The minimum atomic E-state index is -3.29. The number of carbonyl (C=O) groups excluding carboxylic acids is 1. The first-order valence-electron chi connectivity index (χ1n) is 10.0. The summed E-state index contributed by atoms with van der Waals surface area (Å²) in [7, 11) is -3.29. The zero-order valence-corrected chi connectivity index (χ0v) is 18.6. The molecule has 8 nitrogen and oxygen atoms in total. The standard InChI is InChI=1S/C21H29O8P/c1-5-25-30(23,26-6-2)14-10-13-21(28-18(22)16-11-8-7-9-12-16)15-24-19-17(21)27-20(3,4)29-19/h7-13,17,19H,5-6,14-15H2,1-4H3/b13-10+/t17-,19+,21+/m0/s1. The summed E-state index contributed by atoms with van der Waals surface area (Å²) in [5.74, 6) is -1.41. The first kappa shape index (κ1) is 23.1. The van der Waals surface area contributed by atoms with Crippen LogP contribution in [-0.4, -0.2) is 55.7 Å². The summed E-state index contributed by atoms with van der Waals surface area (Å²) in [6.07, 6.45) is 1.95. The fraction of sp³-hybridized carbons (Fsp3) is 0.571. The lowest BCUT2D eigenvalue weighted by atomic mass is 9.98. The summed E-state index contributed by atoms with van der Waals surface area (Å²) in [5, 5.41) is 0. The summed E-state index contributed by atoms with van der Waals surface area (Å²) in [6.45, 7) is 7.60. The fourth-order valence-corrected chi connectivity index (χ4v) is 4.90. The van der Waals surface area contributed by atoms with Crippen LogP contribution >= 0.6 is 7.60 Å². The number of ether oxygens (including phenoxy) is 4. The SMILES string of the molecule is CCOP(=O)(C/C=C/[C@@]1(OC(=O)c2ccccc2)CO[C@@H]2OC(C)(C)O[C@@H]21)OCC. The number of rotatable bonds is 9. The average molecular weight is 440 g/mol. The van der Waals surface area contributed by atoms with Crippen molar-refractivity contribution in [2.24, 2.45) is 0 Å². The lowest BCUT2D eigenvalue weighted by molar-refractivity contribution is -0.206. The van der Waals surface area contributed by atoms with Gasteiger partial charge in [0.1, 0.15) is 0 Å². The number of esters is 1. The lowest BCUT2D eigenvalue weighted by Crippen LogP contribution is -2.46. The second kappa shape index (κ2) is 9.30. The number of allylic oxidation sites excluding steroid dienone is 1. The normalized spacial score (nSPS) is 28.0. The van der Waals surface area contributed by atoms with Crippen LogP contribution in [0.1, 0.15) is 38.1 Å².